The smallest absolute Gasteiger partial charge is 0.333 e. The molecule has 28 heavy (non-hydrogen) atoms. The second kappa shape index (κ2) is 7.34. The maximum Gasteiger partial charge on any atom is 0.333 e. The predicted octanol–water partition coefficient (Wildman–Crippen LogP) is 2.31. The third-order valence-corrected chi connectivity index (χ3v) is 4.94. The van der Waals surface area contributed by atoms with Crippen LogP contribution in [-0.4, -0.2) is 27.5 Å². The SMILES string of the molecule is CCOc1ccc(N2CCn3c2nn(Cc2ccccc2C)c(=O)c3=O)cc1. The number of nitrogens with zero attached hydrogens (tertiary/aromatic N) is 4. The van der Waals surface area contributed by atoms with Gasteiger partial charge in [-0.25, -0.2) is 4.68 Å². The van der Waals surface area contributed by atoms with E-state index in [1.165, 1.54) is 9.25 Å². The first kappa shape index (κ1) is 18.0. The number of hydrogen-bond acceptors (Lipinski definition) is 5. The van der Waals surface area contributed by atoms with E-state index >= 15 is 0 Å². The van der Waals surface area contributed by atoms with Crippen molar-refractivity contribution in [3.63, 3.8) is 0 Å². The van der Waals surface area contributed by atoms with Crippen molar-refractivity contribution in [1.29, 1.82) is 0 Å². The van der Waals surface area contributed by atoms with Crippen LogP contribution in [0.3, 0.4) is 0 Å². The van der Waals surface area contributed by atoms with E-state index in [9.17, 15) is 9.59 Å². The van der Waals surface area contributed by atoms with Gasteiger partial charge in [0.1, 0.15) is 5.75 Å². The van der Waals surface area contributed by atoms with Gasteiger partial charge in [-0.2, -0.15) is 0 Å². The molecule has 1 aliphatic rings. The zero-order valence-electron chi connectivity index (χ0n) is 16.0. The van der Waals surface area contributed by atoms with Gasteiger partial charge in [0.25, 0.3) is 0 Å². The number of fused-ring (bicyclic) bond motifs is 1. The summed E-state index contributed by atoms with van der Waals surface area (Å²) in [7, 11) is 0. The largest absolute Gasteiger partial charge is 0.494 e. The Labute approximate surface area is 162 Å². The maximum atomic E-state index is 12.6. The minimum atomic E-state index is -0.597. The van der Waals surface area contributed by atoms with Crippen molar-refractivity contribution in [2.75, 3.05) is 18.1 Å². The Morgan fingerprint density at radius 1 is 1.00 bits per heavy atom. The summed E-state index contributed by atoms with van der Waals surface area (Å²) in [5.74, 6) is 1.28. The van der Waals surface area contributed by atoms with Crippen LogP contribution in [0, 0.1) is 6.92 Å². The molecular formula is C21H22N4O3. The van der Waals surface area contributed by atoms with Crippen molar-refractivity contribution in [1.82, 2.24) is 14.3 Å². The fourth-order valence-electron chi connectivity index (χ4n) is 3.41. The molecule has 0 fully saturated rings. The van der Waals surface area contributed by atoms with Gasteiger partial charge in [0.05, 0.1) is 13.2 Å². The van der Waals surface area contributed by atoms with E-state index in [2.05, 4.69) is 5.10 Å². The van der Waals surface area contributed by atoms with Crippen molar-refractivity contribution < 1.29 is 4.74 Å². The molecule has 1 aliphatic heterocycles. The molecule has 0 atom stereocenters. The third-order valence-electron chi connectivity index (χ3n) is 4.94. The van der Waals surface area contributed by atoms with Crippen LogP contribution in [0.5, 0.6) is 5.75 Å². The lowest BCUT2D eigenvalue weighted by molar-refractivity contribution is 0.340. The molecule has 4 rings (SSSR count). The first-order valence-electron chi connectivity index (χ1n) is 9.35. The lowest BCUT2D eigenvalue weighted by Crippen LogP contribution is -2.42. The van der Waals surface area contributed by atoms with Gasteiger partial charge in [0, 0.05) is 18.8 Å². The Morgan fingerprint density at radius 2 is 1.75 bits per heavy atom. The van der Waals surface area contributed by atoms with Crippen molar-refractivity contribution in [3.8, 4) is 5.75 Å². The Hall–Kier alpha value is -3.35. The monoisotopic (exact) mass is 378 g/mol. The Kier molecular flexibility index (Phi) is 4.73. The van der Waals surface area contributed by atoms with Crippen molar-refractivity contribution >= 4 is 11.6 Å². The van der Waals surface area contributed by atoms with E-state index in [0.717, 1.165) is 22.6 Å². The van der Waals surface area contributed by atoms with Gasteiger partial charge in [-0.15, -0.1) is 5.10 Å². The van der Waals surface area contributed by atoms with Crippen LogP contribution < -0.4 is 20.8 Å². The normalized spacial score (nSPS) is 12.9. The summed E-state index contributed by atoms with van der Waals surface area (Å²) in [5, 5.41) is 4.53. The number of aromatic nitrogens is 3. The van der Waals surface area contributed by atoms with Gasteiger partial charge in [0.2, 0.25) is 5.95 Å². The first-order chi connectivity index (χ1) is 13.6. The van der Waals surface area contributed by atoms with E-state index in [-0.39, 0.29) is 6.54 Å². The molecule has 0 radical (unpaired) electrons. The van der Waals surface area contributed by atoms with Crippen LogP contribution in [0.25, 0.3) is 0 Å². The van der Waals surface area contributed by atoms with Gasteiger partial charge in [-0.05, 0) is 49.2 Å². The molecule has 0 amide bonds. The molecule has 0 bridgehead atoms. The highest BCUT2D eigenvalue weighted by molar-refractivity contribution is 5.59. The zero-order chi connectivity index (χ0) is 19.7. The Morgan fingerprint density at radius 3 is 2.46 bits per heavy atom. The summed E-state index contributed by atoms with van der Waals surface area (Å²) >= 11 is 0. The van der Waals surface area contributed by atoms with Crippen LogP contribution in [0.15, 0.2) is 58.1 Å². The summed E-state index contributed by atoms with van der Waals surface area (Å²) in [6.07, 6.45) is 0. The molecule has 0 saturated heterocycles. The number of rotatable bonds is 5. The molecule has 3 aromatic rings. The summed E-state index contributed by atoms with van der Waals surface area (Å²) < 4.78 is 8.21. The number of hydrogen-bond donors (Lipinski definition) is 0. The highest BCUT2D eigenvalue weighted by Gasteiger charge is 2.26. The standard InChI is InChI=1S/C21H22N4O3/c1-3-28-18-10-8-17(9-11-18)23-12-13-24-19(26)20(27)25(22-21(23)24)14-16-7-5-4-6-15(16)2/h4-11H,3,12-14H2,1-2H3. The summed E-state index contributed by atoms with van der Waals surface area (Å²) in [6, 6.07) is 15.4. The van der Waals surface area contributed by atoms with Crippen molar-refractivity contribution in [2.45, 2.75) is 26.9 Å². The molecular weight excluding hydrogens is 356 g/mol. The molecule has 144 valence electrons. The molecule has 0 saturated carbocycles. The lowest BCUT2D eigenvalue weighted by Gasteiger charge is -2.18. The highest BCUT2D eigenvalue weighted by Crippen LogP contribution is 2.28. The molecule has 2 heterocycles. The van der Waals surface area contributed by atoms with Crippen LogP contribution >= 0.6 is 0 Å². The average molecular weight is 378 g/mol. The molecule has 1 aromatic heterocycles. The number of ether oxygens (including phenoxy) is 1. The van der Waals surface area contributed by atoms with Crippen LogP contribution in [0.2, 0.25) is 0 Å². The van der Waals surface area contributed by atoms with Gasteiger partial charge in [0.15, 0.2) is 0 Å². The van der Waals surface area contributed by atoms with Gasteiger partial charge in [-0.3, -0.25) is 14.2 Å². The van der Waals surface area contributed by atoms with Gasteiger partial charge >= 0.3 is 11.1 Å². The van der Waals surface area contributed by atoms with E-state index in [4.69, 9.17) is 4.74 Å². The van der Waals surface area contributed by atoms with Crippen molar-refractivity contribution in [2.24, 2.45) is 0 Å². The summed E-state index contributed by atoms with van der Waals surface area (Å²) in [4.78, 5) is 27.1. The molecule has 0 aliphatic carbocycles. The Bertz CT molecular complexity index is 1120. The fraction of sp³-hybridized carbons (Fsp3) is 0.286. The molecule has 7 heteroatoms. The number of anilines is 2. The highest BCUT2D eigenvalue weighted by atomic mass is 16.5. The number of aryl methyl sites for hydroxylation is 1. The quantitative estimate of drug-likeness (QED) is 0.638. The zero-order valence-corrected chi connectivity index (χ0v) is 16.0. The van der Waals surface area contributed by atoms with E-state index in [1.54, 1.807) is 0 Å². The fourth-order valence-corrected chi connectivity index (χ4v) is 3.41. The summed E-state index contributed by atoms with van der Waals surface area (Å²) in [5.41, 5.74) is 1.79. The minimum Gasteiger partial charge on any atom is -0.494 e. The molecule has 0 spiro atoms. The van der Waals surface area contributed by atoms with Crippen LogP contribution in [0.1, 0.15) is 18.1 Å². The Balaban J connectivity index is 1.73. The lowest BCUT2D eigenvalue weighted by atomic mass is 10.1. The molecule has 2 aromatic carbocycles. The maximum absolute atomic E-state index is 12.6. The van der Waals surface area contributed by atoms with E-state index in [1.807, 2.05) is 67.3 Å². The first-order valence-corrected chi connectivity index (χ1v) is 9.35. The van der Waals surface area contributed by atoms with Gasteiger partial charge in [-0.1, -0.05) is 24.3 Å². The second-order valence-electron chi connectivity index (χ2n) is 6.72. The van der Waals surface area contributed by atoms with Gasteiger partial charge < -0.3 is 9.64 Å². The van der Waals surface area contributed by atoms with Crippen LogP contribution in [-0.2, 0) is 13.1 Å². The topological polar surface area (TPSA) is 69.4 Å². The average Bonchev–Trinajstić information content (AvgIpc) is 3.12. The minimum absolute atomic E-state index is 0.270. The van der Waals surface area contributed by atoms with E-state index < -0.39 is 11.1 Å². The second-order valence-corrected chi connectivity index (χ2v) is 6.72. The third kappa shape index (κ3) is 3.19. The van der Waals surface area contributed by atoms with Crippen molar-refractivity contribution in [3.05, 3.63) is 80.4 Å². The van der Waals surface area contributed by atoms with E-state index in [0.29, 0.717) is 25.6 Å². The predicted molar refractivity (Wildman–Crippen MR) is 108 cm³/mol. The molecule has 7 nitrogen and oxygen atoms in total. The van der Waals surface area contributed by atoms with Crippen LogP contribution in [0.4, 0.5) is 11.6 Å². The molecule has 0 N–H and O–H groups in total. The number of benzene rings is 2. The summed E-state index contributed by atoms with van der Waals surface area (Å²) in [6.45, 7) is 5.82. The molecule has 0 unspecified atom stereocenters.